The normalized spacial score (nSPS) is 13.1. The minimum absolute atomic E-state index is 0.106. The molecule has 0 bridgehead atoms. The van der Waals surface area contributed by atoms with Crippen LogP contribution in [0.4, 0.5) is 11.4 Å². The smallest absolute Gasteiger partial charge is 0.246 e. The fourth-order valence-corrected chi connectivity index (χ4v) is 3.66. The van der Waals surface area contributed by atoms with Gasteiger partial charge in [0.05, 0.1) is 13.2 Å². The number of hydrogen-bond donors (Lipinski definition) is 1. The molecule has 1 aliphatic rings. The van der Waals surface area contributed by atoms with Crippen LogP contribution in [0, 0.1) is 0 Å². The Morgan fingerprint density at radius 1 is 1.07 bits per heavy atom. The van der Waals surface area contributed by atoms with Crippen LogP contribution in [0.15, 0.2) is 48.5 Å². The molecule has 0 fully saturated rings. The third kappa shape index (κ3) is 5.75. The Labute approximate surface area is 168 Å². The van der Waals surface area contributed by atoms with Gasteiger partial charge in [-0.05, 0) is 43.0 Å². The molecule has 0 aromatic heterocycles. The van der Waals surface area contributed by atoms with Crippen LogP contribution in [-0.2, 0) is 11.2 Å². The molecule has 3 rings (SSSR count). The van der Waals surface area contributed by atoms with E-state index in [9.17, 15) is 4.79 Å². The van der Waals surface area contributed by atoms with Crippen LogP contribution in [0.25, 0.3) is 0 Å². The van der Waals surface area contributed by atoms with Crippen LogP contribution in [0.1, 0.15) is 51.0 Å². The highest BCUT2D eigenvalue weighted by atomic mass is 16.5. The summed E-state index contributed by atoms with van der Waals surface area (Å²) in [4.78, 5) is 14.7. The van der Waals surface area contributed by atoms with Gasteiger partial charge >= 0.3 is 0 Å². The largest absolute Gasteiger partial charge is 0.494 e. The predicted molar refractivity (Wildman–Crippen MR) is 116 cm³/mol. The molecule has 1 heterocycles. The maximum Gasteiger partial charge on any atom is 0.246 e. The summed E-state index contributed by atoms with van der Waals surface area (Å²) in [6, 6.07) is 16.1. The van der Waals surface area contributed by atoms with E-state index in [1.807, 2.05) is 47.4 Å². The molecule has 0 spiro atoms. The summed E-state index contributed by atoms with van der Waals surface area (Å²) >= 11 is 0. The number of nitrogens with one attached hydrogen (secondary N) is 1. The lowest BCUT2D eigenvalue weighted by Gasteiger charge is -2.29. The third-order valence-electron chi connectivity index (χ3n) is 5.21. The van der Waals surface area contributed by atoms with Crippen LogP contribution < -0.4 is 15.0 Å². The summed E-state index contributed by atoms with van der Waals surface area (Å²) < 4.78 is 5.86. The van der Waals surface area contributed by atoms with Gasteiger partial charge < -0.3 is 15.0 Å². The number of benzene rings is 2. The Hall–Kier alpha value is -2.49. The predicted octanol–water partition coefficient (Wildman–Crippen LogP) is 5.43. The topological polar surface area (TPSA) is 41.6 Å². The highest BCUT2D eigenvalue weighted by molar-refractivity contribution is 5.97. The Balaban J connectivity index is 1.48. The molecule has 1 amide bonds. The fourth-order valence-electron chi connectivity index (χ4n) is 3.66. The number of aryl methyl sites for hydroxylation is 1. The minimum atomic E-state index is 0.106. The van der Waals surface area contributed by atoms with Gasteiger partial charge in [-0.25, -0.2) is 0 Å². The minimum Gasteiger partial charge on any atom is -0.494 e. The number of para-hydroxylation sites is 1. The number of carbonyl (C=O) groups excluding carboxylic acids is 1. The first kappa shape index (κ1) is 20.2. The van der Waals surface area contributed by atoms with Gasteiger partial charge in [0.1, 0.15) is 5.75 Å². The molecular formula is C24H32N2O2. The number of fused-ring (bicyclic) bond motifs is 1. The second kappa shape index (κ2) is 10.7. The van der Waals surface area contributed by atoms with Crippen molar-refractivity contribution < 1.29 is 9.53 Å². The van der Waals surface area contributed by atoms with Crippen LogP contribution >= 0.6 is 0 Å². The van der Waals surface area contributed by atoms with Crippen LogP contribution in [-0.4, -0.2) is 25.6 Å². The average Bonchev–Trinajstić information content (AvgIpc) is 2.74. The van der Waals surface area contributed by atoms with Gasteiger partial charge in [0.25, 0.3) is 0 Å². The first-order valence-corrected chi connectivity index (χ1v) is 10.6. The van der Waals surface area contributed by atoms with E-state index in [-0.39, 0.29) is 12.5 Å². The Kier molecular flexibility index (Phi) is 7.77. The maximum absolute atomic E-state index is 12.7. The molecular weight excluding hydrogens is 348 g/mol. The second-order valence-corrected chi connectivity index (χ2v) is 7.42. The van der Waals surface area contributed by atoms with Crippen molar-refractivity contribution in [2.45, 2.75) is 51.9 Å². The highest BCUT2D eigenvalue weighted by Gasteiger charge is 2.21. The molecule has 2 aromatic carbocycles. The van der Waals surface area contributed by atoms with Crippen molar-refractivity contribution in [2.24, 2.45) is 0 Å². The summed E-state index contributed by atoms with van der Waals surface area (Å²) in [6.45, 7) is 4.05. The first-order valence-electron chi connectivity index (χ1n) is 10.6. The first-order chi connectivity index (χ1) is 13.8. The molecule has 4 heteroatoms. The zero-order valence-electron chi connectivity index (χ0n) is 17.0. The summed E-state index contributed by atoms with van der Waals surface area (Å²) in [5.74, 6) is 0.964. The zero-order chi connectivity index (χ0) is 19.6. The van der Waals surface area contributed by atoms with Gasteiger partial charge in [0.2, 0.25) is 5.91 Å². The van der Waals surface area contributed by atoms with Gasteiger partial charge in [0, 0.05) is 24.0 Å². The van der Waals surface area contributed by atoms with Crippen molar-refractivity contribution in [1.82, 2.24) is 0 Å². The fraction of sp³-hybridized carbons (Fsp3) is 0.458. The molecule has 4 nitrogen and oxygen atoms in total. The summed E-state index contributed by atoms with van der Waals surface area (Å²) in [7, 11) is 0. The summed E-state index contributed by atoms with van der Waals surface area (Å²) in [6.07, 6.45) is 8.21. The molecule has 0 unspecified atom stereocenters. The lowest BCUT2D eigenvalue weighted by molar-refractivity contribution is -0.117. The number of unbranched alkanes of at least 4 members (excludes halogenated alkanes) is 4. The van der Waals surface area contributed by atoms with E-state index in [1.165, 1.54) is 31.2 Å². The lowest BCUT2D eigenvalue weighted by Crippen LogP contribution is -2.39. The van der Waals surface area contributed by atoms with E-state index in [0.29, 0.717) is 0 Å². The number of anilines is 2. The van der Waals surface area contributed by atoms with Crippen LogP contribution in [0.3, 0.4) is 0 Å². The van der Waals surface area contributed by atoms with Gasteiger partial charge in [0.15, 0.2) is 0 Å². The van der Waals surface area contributed by atoms with Crippen molar-refractivity contribution in [3.8, 4) is 5.75 Å². The van der Waals surface area contributed by atoms with E-state index in [4.69, 9.17) is 4.74 Å². The van der Waals surface area contributed by atoms with Crippen molar-refractivity contribution in [3.63, 3.8) is 0 Å². The van der Waals surface area contributed by atoms with Crippen molar-refractivity contribution >= 4 is 17.3 Å². The molecule has 0 atom stereocenters. The number of nitrogens with zero attached hydrogens (tertiary/aromatic N) is 1. The van der Waals surface area contributed by atoms with E-state index < -0.39 is 0 Å². The number of carbonyl (C=O) groups is 1. The zero-order valence-corrected chi connectivity index (χ0v) is 17.0. The monoisotopic (exact) mass is 380 g/mol. The van der Waals surface area contributed by atoms with Crippen LogP contribution in [0.5, 0.6) is 5.75 Å². The molecule has 0 radical (unpaired) electrons. The number of hydrogen-bond acceptors (Lipinski definition) is 3. The van der Waals surface area contributed by atoms with Crippen molar-refractivity contribution in [2.75, 3.05) is 29.9 Å². The maximum atomic E-state index is 12.7. The Morgan fingerprint density at radius 3 is 2.82 bits per heavy atom. The van der Waals surface area contributed by atoms with Gasteiger partial charge in [-0.2, -0.15) is 0 Å². The van der Waals surface area contributed by atoms with Crippen molar-refractivity contribution in [1.29, 1.82) is 0 Å². The molecule has 0 saturated heterocycles. The van der Waals surface area contributed by atoms with Gasteiger partial charge in [-0.1, -0.05) is 56.9 Å². The summed E-state index contributed by atoms with van der Waals surface area (Å²) in [5.41, 5.74) is 3.24. The van der Waals surface area contributed by atoms with E-state index >= 15 is 0 Å². The van der Waals surface area contributed by atoms with Crippen LogP contribution in [0.2, 0.25) is 0 Å². The molecule has 0 saturated carbocycles. The second-order valence-electron chi connectivity index (χ2n) is 7.42. The molecule has 2 aromatic rings. The third-order valence-corrected chi connectivity index (χ3v) is 5.21. The average molecular weight is 381 g/mol. The molecule has 28 heavy (non-hydrogen) atoms. The van der Waals surface area contributed by atoms with Gasteiger partial charge in [-0.15, -0.1) is 0 Å². The SMILES string of the molecule is CCCCCCCOc1cccc(NCC(=O)N2CCCc3ccccc32)c1. The Morgan fingerprint density at radius 2 is 1.93 bits per heavy atom. The quantitative estimate of drug-likeness (QED) is 0.559. The highest BCUT2D eigenvalue weighted by Crippen LogP contribution is 2.27. The standard InChI is InChI=1S/C24H32N2O2/c1-2-3-4-5-8-17-28-22-14-9-13-21(18-22)25-19-24(27)26-16-10-12-20-11-6-7-15-23(20)26/h6-7,9,11,13-15,18,25H,2-5,8,10,12,16-17,19H2,1H3. The molecule has 150 valence electrons. The number of amides is 1. The van der Waals surface area contributed by atoms with Crippen molar-refractivity contribution in [3.05, 3.63) is 54.1 Å². The Bertz CT molecular complexity index is 760. The lowest BCUT2D eigenvalue weighted by atomic mass is 10.0. The summed E-state index contributed by atoms with van der Waals surface area (Å²) in [5, 5.41) is 3.26. The van der Waals surface area contributed by atoms with E-state index in [1.54, 1.807) is 0 Å². The molecule has 1 aliphatic heterocycles. The molecule has 1 N–H and O–H groups in total. The van der Waals surface area contributed by atoms with E-state index in [2.05, 4.69) is 18.3 Å². The number of rotatable bonds is 10. The molecule has 0 aliphatic carbocycles. The number of ether oxygens (including phenoxy) is 1. The van der Waals surface area contributed by atoms with E-state index in [0.717, 1.165) is 49.5 Å². The van der Waals surface area contributed by atoms with Gasteiger partial charge in [-0.3, -0.25) is 4.79 Å².